The summed E-state index contributed by atoms with van der Waals surface area (Å²) in [5.41, 5.74) is 2.27. The minimum Gasteiger partial charge on any atom is -0.495 e. The number of methoxy groups -OCH3 is 1. The standard InChI is InChI=1S/C21H25N3O4S2/c1-15(13-16-7-5-4-6-8-16)20(25)23-12-11-17-9-10-18(28-3)19(14-17)30(26,27)24-21(29)22-2/h4-10,13-14H,11-12H2,1-3H3,(H,23,25)(H2,22,24,29)/b15-13+. The zero-order chi connectivity index (χ0) is 22.1. The van der Waals surface area contributed by atoms with Gasteiger partial charge in [-0.05, 0) is 54.9 Å². The Kier molecular flexibility index (Phi) is 8.37. The molecule has 0 aliphatic heterocycles. The summed E-state index contributed by atoms with van der Waals surface area (Å²) in [5.74, 6) is 0.0251. The summed E-state index contributed by atoms with van der Waals surface area (Å²) in [5, 5.41) is 5.39. The Morgan fingerprint density at radius 3 is 2.50 bits per heavy atom. The number of nitrogens with one attached hydrogen (secondary N) is 3. The first-order valence-corrected chi connectivity index (χ1v) is 11.1. The van der Waals surface area contributed by atoms with Gasteiger partial charge < -0.3 is 15.4 Å². The van der Waals surface area contributed by atoms with Gasteiger partial charge in [0.2, 0.25) is 5.91 Å². The van der Waals surface area contributed by atoms with E-state index in [0.29, 0.717) is 18.5 Å². The van der Waals surface area contributed by atoms with Crippen molar-refractivity contribution in [1.82, 2.24) is 15.4 Å². The lowest BCUT2D eigenvalue weighted by Gasteiger charge is -2.13. The average Bonchev–Trinajstić information content (AvgIpc) is 2.73. The molecule has 0 unspecified atom stereocenters. The molecule has 0 heterocycles. The van der Waals surface area contributed by atoms with E-state index in [-0.39, 0.29) is 21.7 Å². The summed E-state index contributed by atoms with van der Waals surface area (Å²) < 4.78 is 32.6. The van der Waals surface area contributed by atoms with Crippen LogP contribution in [-0.2, 0) is 21.2 Å². The molecule has 2 aromatic carbocycles. The Morgan fingerprint density at radius 1 is 1.17 bits per heavy atom. The number of hydrogen-bond acceptors (Lipinski definition) is 5. The molecule has 2 aromatic rings. The monoisotopic (exact) mass is 447 g/mol. The molecule has 30 heavy (non-hydrogen) atoms. The van der Waals surface area contributed by atoms with Crippen LogP contribution < -0.4 is 20.1 Å². The molecule has 0 saturated carbocycles. The Morgan fingerprint density at radius 2 is 1.87 bits per heavy atom. The number of sulfonamides is 1. The summed E-state index contributed by atoms with van der Waals surface area (Å²) in [7, 11) is -0.983. The van der Waals surface area contributed by atoms with Gasteiger partial charge in [0.05, 0.1) is 7.11 Å². The number of rotatable bonds is 8. The van der Waals surface area contributed by atoms with E-state index in [9.17, 15) is 13.2 Å². The summed E-state index contributed by atoms with van der Waals surface area (Å²) in [6.45, 7) is 2.10. The van der Waals surface area contributed by atoms with Gasteiger partial charge in [-0.1, -0.05) is 36.4 Å². The zero-order valence-corrected chi connectivity index (χ0v) is 18.7. The molecule has 0 radical (unpaired) electrons. The van der Waals surface area contributed by atoms with Crippen molar-refractivity contribution in [2.45, 2.75) is 18.2 Å². The van der Waals surface area contributed by atoms with Gasteiger partial charge in [-0.3, -0.25) is 9.52 Å². The van der Waals surface area contributed by atoms with E-state index >= 15 is 0 Å². The van der Waals surface area contributed by atoms with Crippen molar-refractivity contribution in [3.63, 3.8) is 0 Å². The first-order chi connectivity index (χ1) is 14.3. The molecule has 0 aliphatic rings. The lowest BCUT2D eigenvalue weighted by atomic mass is 10.1. The second kappa shape index (κ2) is 10.7. The molecule has 0 spiro atoms. The van der Waals surface area contributed by atoms with Crippen LogP contribution in [0.15, 0.2) is 59.0 Å². The van der Waals surface area contributed by atoms with Gasteiger partial charge in [0.1, 0.15) is 10.6 Å². The third kappa shape index (κ3) is 6.57. The first-order valence-electron chi connectivity index (χ1n) is 9.20. The number of benzene rings is 2. The van der Waals surface area contributed by atoms with E-state index in [0.717, 1.165) is 11.1 Å². The van der Waals surface area contributed by atoms with Gasteiger partial charge in [-0.25, -0.2) is 8.42 Å². The van der Waals surface area contributed by atoms with Gasteiger partial charge in [-0.2, -0.15) is 0 Å². The fraction of sp³-hybridized carbons (Fsp3) is 0.238. The van der Waals surface area contributed by atoms with Crippen LogP contribution in [0.1, 0.15) is 18.1 Å². The quantitative estimate of drug-likeness (QED) is 0.424. The van der Waals surface area contributed by atoms with Gasteiger partial charge >= 0.3 is 0 Å². The maximum Gasteiger partial charge on any atom is 0.267 e. The van der Waals surface area contributed by atoms with Crippen molar-refractivity contribution < 1.29 is 17.9 Å². The van der Waals surface area contributed by atoms with Gasteiger partial charge in [-0.15, -0.1) is 0 Å². The van der Waals surface area contributed by atoms with E-state index in [1.54, 1.807) is 19.1 Å². The fourth-order valence-corrected chi connectivity index (χ4v) is 4.15. The van der Waals surface area contributed by atoms with E-state index in [1.165, 1.54) is 20.2 Å². The summed E-state index contributed by atoms with van der Waals surface area (Å²) >= 11 is 4.89. The summed E-state index contributed by atoms with van der Waals surface area (Å²) in [6.07, 6.45) is 2.26. The summed E-state index contributed by atoms with van der Waals surface area (Å²) in [4.78, 5) is 12.3. The molecular formula is C21H25N3O4S2. The van der Waals surface area contributed by atoms with Crippen molar-refractivity contribution in [3.8, 4) is 5.75 Å². The van der Waals surface area contributed by atoms with Crippen molar-refractivity contribution in [2.75, 3.05) is 20.7 Å². The SMILES string of the molecule is CNC(=S)NS(=O)(=O)c1cc(CCNC(=O)/C(C)=C/c2ccccc2)ccc1OC. The highest BCUT2D eigenvalue weighted by atomic mass is 32.2. The Balaban J connectivity index is 2.06. The predicted molar refractivity (Wildman–Crippen MR) is 122 cm³/mol. The highest BCUT2D eigenvalue weighted by molar-refractivity contribution is 7.92. The molecule has 0 saturated heterocycles. The van der Waals surface area contributed by atoms with E-state index in [1.807, 2.05) is 36.4 Å². The van der Waals surface area contributed by atoms with E-state index in [2.05, 4.69) is 15.4 Å². The maximum atomic E-state index is 12.6. The Bertz CT molecular complexity index is 1040. The largest absolute Gasteiger partial charge is 0.495 e. The lowest BCUT2D eigenvalue weighted by molar-refractivity contribution is -0.117. The fourth-order valence-electron chi connectivity index (χ4n) is 2.64. The molecule has 0 atom stereocenters. The molecular weight excluding hydrogens is 422 g/mol. The van der Waals surface area contributed by atoms with E-state index in [4.69, 9.17) is 17.0 Å². The number of ether oxygens (including phenoxy) is 1. The molecule has 0 aliphatic carbocycles. The lowest BCUT2D eigenvalue weighted by Crippen LogP contribution is -2.37. The number of carbonyl (C=O) groups excluding carboxylic acids is 1. The average molecular weight is 448 g/mol. The smallest absolute Gasteiger partial charge is 0.267 e. The molecule has 0 fully saturated rings. The molecule has 3 N–H and O–H groups in total. The number of hydrogen-bond donors (Lipinski definition) is 3. The zero-order valence-electron chi connectivity index (χ0n) is 17.1. The van der Waals surface area contributed by atoms with Crippen LogP contribution in [-0.4, -0.2) is 40.1 Å². The second-order valence-corrected chi connectivity index (χ2v) is 8.47. The number of thiocarbonyl (C=S) groups is 1. The van der Waals surface area contributed by atoms with Crippen LogP contribution in [0.5, 0.6) is 5.75 Å². The Labute approximate surface area is 182 Å². The summed E-state index contributed by atoms with van der Waals surface area (Å²) in [6, 6.07) is 14.4. The van der Waals surface area contributed by atoms with Crippen LogP contribution in [0.3, 0.4) is 0 Å². The minimum absolute atomic E-state index is 0.0182. The topological polar surface area (TPSA) is 96.5 Å². The van der Waals surface area contributed by atoms with Crippen molar-refractivity contribution in [3.05, 3.63) is 65.2 Å². The second-order valence-electron chi connectivity index (χ2n) is 6.41. The minimum atomic E-state index is -3.90. The number of carbonyl (C=O) groups is 1. The molecule has 0 aromatic heterocycles. The maximum absolute atomic E-state index is 12.6. The highest BCUT2D eigenvalue weighted by Crippen LogP contribution is 2.25. The Hall–Kier alpha value is -2.91. The third-order valence-corrected chi connectivity index (χ3v) is 6.02. The molecule has 160 valence electrons. The predicted octanol–water partition coefficient (Wildman–Crippen LogP) is 2.24. The van der Waals surface area contributed by atoms with Gasteiger partial charge in [0, 0.05) is 19.2 Å². The molecule has 7 nitrogen and oxygen atoms in total. The van der Waals surface area contributed by atoms with Gasteiger partial charge in [0.25, 0.3) is 10.0 Å². The molecule has 9 heteroatoms. The van der Waals surface area contributed by atoms with Crippen LogP contribution in [0, 0.1) is 0 Å². The van der Waals surface area contributed by atoms with Crippen LogP contribution in [0.25, 0.3) is 6.08 Å². The number of amides is 1. The third-order valence-electron chi connectivity index (χ3n) is 4.21. The van der Waals surface area contributed by atoms with Gasteiger partial charge in [0.15, 0.2) is 5.11 Å². The highest BCUT2D eigenvalue weighted by Gasteiger charge is 2.21. The first kappa shape index (κ1) is 23.4. The van der Waals surface area contributed by atoms with Crippen LogP contribution >= 0.6 is 12.2 Å². The molecule has 0 bridgehead atoms. The molecule has 1 amide bonds. The van der Waals surface area contributed by atoms with Crippen LogP contribution in [0.2, 0.25) is 0 Å². The van der Waals surface area contributed by atoms with Crippen molar-refractivity contribution >= 4 is 39.3 Å². The molecule has 2 rings (SSSR count). The van der Waals surface area contributed by atoms with Crippen LogP contribution in [0.4, 0.5) is 0 Å². The normalized spacial score (nSPS) is 11.5. The van der Waals surface area contributed by atoms with Crippen molar-refractivity contribution in [2.24, 2.45) is 0 Å². The van der Waals surface area contributed by atoms with E-state index < -0.39 is 10.0 Å². The van der Waals surface area contributed by atoms with Crippen molar-refractivity contribution in [1.29, 1.82) is 0 Å².